The van der Waals surface area contributed by atoms with Gasteiger partial charge in [0.05, 0.1) is 22.8 Å². The predicted molar refractivity (Wildman–Crippen MR) is 88.0 cm³/mol. The summed E-state index contributed by atoms with van der Waals surface area (Å²) in [6.07, 6.45) is 1.34. The van der Waals surface area contributed by atoms with E-state index in [1.165, 1.54) is 0 Å². The van der Waals surface area contributed by atoms with E-state index < -0.39 is 6.04 Å². The summed E-state index contributed by atoms with van der Waals surface area (Å²) >= 11 is 6.26. The number of benzene rings is 1. The molecule has 1 saturated heterocycles. The number of hydrogen-bond donors (Lipinski definition) is 1. The Morgan fingerprint density at radius 3 is 2.96 bits per heavy atom. The molecule has 0 spiro atoms. The summed E-state index contributed by atoms with van der Waals surface area (Å²) in [4.78, 5) is 25.7. The Bertz CT molecular complexity index is 771. The zero-order valence-corrected chi connectivity index (χ0v) is 13.9. The first kappa shape index (κ1) is 15.8. The molecule has 2 heterocycles. The summed E-state index contributed by atoms with van der Waals surface area (Å²) in [5.74, 6) is -0.134. The van der Waals surface area contributed by atoms with Gasteiger partial charge in [0.2, 0.25) is 11.8 Å². The molecular weight excluding hydrogens is 316 g/mol. The molecule has 0 radical (unpaired) electrons. The molecule has 1 aromatic heterocycles. The van der Waals surface area contributed by atoms with Gasteiger partial charge in [0.25, 0.3) is 0 Å². The van der Waals surface area contributed by atoms with E-state index in [4.69, 9.17) is 11.6 Å². The Labute approximate surface area is 139 Å². The van der Waals surface area contributed by atoms with Crippen LogP contribution in [0.25, 0.3) is 10.9 Å². The summed E-state index contributed by atoms with van der Waals surface area (Å²) in [5, 5.41) is 8.76. The Hall–Kier alpha value is -2.08. The van der Waals surface area contributed by atoms with Crippen LogP contribution in [0.3, 0.4) is 0 Å². The van der Waals surface area contributed by atoms with Crippen LogP contribution in [0.15, 0.2) is 18.2 Å². The van der Waals surface area contributed by atoms with Gasteiger partial charge in [-0.3, -0.25) is 14.3 Å². The molecule has 1 atom stereocenters. The zero-order valence-electron chi connectivity index (χ0n) is 13.2. The molecule has 1 unspecified atom stereocenters. The summed E-state index contributed by atoms with van der Waals surface area (Å²) in [7, 11) is 1.84. The van der Waals surface area contributed by atoms with Crippen molar-refractivity contribution in [3.8, 4) is 0 Å². The SMILES string of the molecule is CC(C(=O)NCc1nn(C)c2cccc(Cl)c12)N1CCCC1=O. The van der Waals surface area contributed by atoms with Crippen LogP contribution in [0.1, 0.15) is 25.5 Å². The van der Waals surface area contributed by atoms with Crippen LogP contribution in [-0.4, -0.2) is 39.1 Å². The molecule has 23 heavy (non-hydrogen) atoms. The number of halogens is 1. The van der Waals surface area contributed by atoms with E-state index in [1.807, 2.05) is 25.2 Å². The summed E-state index contributed by atoms with van der Waals surface area (Å²) < 4.78 is 1.75. The lowest BCUT2D eigenvalue weighted by atomic mass is 10.2. The highest BCUT2D eigenvalue weighted by molar-refractivity contribution is 6.35. The average molecular weight is 335 g/mol. The van der Waals surface area contributed by atoms with E-state index in [9.17, 15) is 9.59 Å². The molecule has 3 rings (SSSR count). The number of likely N-dealkylation sites (tertiary alicyclic amines) is 1. The van der Waals surface area contributed by atoms with Crippen molar-refractivity contribution in [1.29, 1.82) is 0 Å². The number of aryl methyl sites for hydroxylation is 1. The van der Waals surface area contributed by atoms with Gasteiger partial charge in [0.1, 0.15) is 6.04 Å². The fourth-order valence-electron chi connectivity index (χ4n) is 3.02. The molecule has 1 N–H and O–H groups in total. The zero-order chi connectivity index (χ0) is 16.6. The Balaban J connectivity index is 1.73. The van der Waals surface area contributed by atoms with Crippen molar-refractivity contribution in [3.05, 3.63) is 28.9 Å². The Morgan fingerprint density at radius 1 is 1.48 bits per heavy atom. The third kappa shape index (κ3) is 2.91. The second-order valence-corrected chi connectivity index (χ2v) is 6.20. The fourth-order valence-corrected chi connectivity index (χ4v) is 3.29. The topological polar surface area (TPSA) is 67.2 Å². The Kier molecular flexibility index (Phi) is 4.26. The number of hydrogen-bond acceptors (Lipinski definition) is 3. The molecule has 0 aliphatic carbocycles. The normalized spacial score (nSPS) is 16.1. The second kappa shape index (κ2) is 6.20. The van der Waals surface area contributed by atoms with Gasteiger partial charge in [0, 0.05) is 25.4 Å². The number of rotatable bonds is 4. The lowest BCUT2D eigenvalue weighted by Crippen LogP contribution is -2.45. The van der Waals surface area contributed by atoms with Crippen LogP contribution in [0.5, 0.6) is 0 Å². The molecular formula is C16H19ClN4O2. The molecule has 0 saturated carbocycles. The first-order valence-electron chi connectivity index (χ1n) is 7.66. The van der Waals surface area contributed by atoms with Crippen LogP contribution >= 0.6 is 11.6 Å². The van der Waals surface area contributed by atoms with Crippen molar-refractivity contribution < 1.29 is 9.59 Å². The maximum atomic E-state index is 12.3. The molecule has 6 nitrogen and oxygen atoms in total. The van der Waals surface area contributed by atoms with Gasteiger partial charge in [-0.25, -0.2) is 0 Å². The monoisotopic (exact) mass is 334 g/mol. The quantitative estimate of drug-likeness (QED) is 0.928. The van der Waals surface area contributed by atoms with Crippen molar-refractivity contribution in [1.82, 2.24) is 20.0 Å². The first-order chi connectivity index (χ1) is 11.0. The summed E-state index contributed by atoms with van der Waals surface area (Å²) in [5.41, 5.74) is 1.64. The first-order valence-corrected chi connectivity index (χ1v) is 8.04. The lowest BCUT2D eigenvalue weighted by molar-refractivity contribution is -0.136. The highest BCUT2D eigenvalue weighted by Crippen LogP contribution is 2.26. The van der Waals surface area contributed by atoms with E-state index in [0.717, 1.165) is 23.0 Å². The van der Waals surface area contributed by atoms with Crippen molar-refractivity contribution in [2.75, 3.05) is 6.54 Å². The van der Waals surface area contributed by atoms with Crippen molar-refractivity contribution >= 4 is 34.3 Å². The van der Waals surface area contributed by atoms with Crippen molar-refractivity contribution in [2.45, 2.75) is 32.4 Å². The number of nitrogens with zero attached hydrogens (tertiary/aromatic N) is 3. The smallest absolute Gasteiger partial charge is 0.242 e. The van der Waals surface area contributed by atoms with Gasteiger partial charge in [-0.05, 0) is 25.5 Å². The number of aromatic nitrogens is 2. The van der Waals surface area contributed by atoms with E-state index in [1.54, 1.807) is 16.5 Å². The standard InChI is InChI=1S/C16H19ClN4O2/c1-10(21-8-4-7-14(21)22)16(23)18-9-12-15-11(17)5-3-6-13(15)20(2)19-12/h3,5-6,10H,4,7-9H2,1-2H3,(H,18,23). The minimum Gasteiger partial charge on any atom is -0.349 e. The van der Waals surface area contributed by atoms with Crippen LogP contribution in [0, 0.1) is 0 Å². The minimum atomic E-state index is -0.463. The van der Waals surface area contributed by atoms with E-state index in [0.29, 0.717) is 18.0 Å². The van der Waals surface area contributed by atoms with Gasteiger partial charge in [-0.1, -0.05) is 17.7 Å². The van der Waals surface area contributed by atoms with E-state index in [-0.39, 0.29) is 18.4 Å². The highest BCUT2D eigenvalue weighted by atomic mass is 35.5. The van der Waals surface area contributed by atoms with Gasteiger partial charge < -0.3 is 10.2 Å². The number of nitrogens with one attached hydrogen (secondary N) is 1. The minimum absolute atomic E-state index is 0.0407. The molecule has 7 heteroatoms. The number of carbonyl (C=O) groups excluding carboxylic acids is 2. The molecule has 0 bridgehead atoms. The number of fused-ring (bicyclic) bond motifs is 1. The molecule has 1 fully saturated rings. The summed E-state index contributed by atoms with van der Waals surface area (Å²) in [6.45, 7) is 2.68. The third-order valence-corrected chi connectivity index (χ3v) is 4.60. The van der Waals surface area contributed by atoms with Crippen molar-refractivity contribution in [3.63, 3.8) is 0 Å². The van der Waals surface area contributed by atoms with Gasteiger partial charge in [-0.15, -0.1) is 0 Å². The fraction of sp³-hybridized carbons (Fsp3) is 0.438. The molecule has 122 valence electrons. The average Bonchev–Trinajstić information content (AvgIpc) is 3.09. The highest BCUT2D eigenvalue weighted by Gasteiger charge is 2.29. The second-order valence-electron chi connectivity index (χ2n) is 5.79. The van der Waals surface area contributed by atoms with Crippen LogP contribution in [0.2, 0.25) is 5.02 Å². The van der Waals surface area contributed by atoms with Crippen molar-refractivity contribution in [2.24, 2.45) is 7.05 Å². The Morgan fingerprint density at radius 2 is 2.26 bits per heavy atom. The van der Waals surface area contributed by atoms with E-state index in [2.05, 4.69) is 10.4 Å². The maximum Gasteiger partial charge on any atom is 0.242 e. The third-order valence-electron chi connectivity index (χ3n) is 4.29. The van der Waals surface area contributed by atoms with E-state index >= 15 is 0 Å². The predicted octanol–water partition coefficient (Wildman–Crippen LogP) is 1.85. The molecule has 2 amide bonds. The molecule has 1 aliphatic heterocycles. The van der Waals surface area contributed by atoms with Crippen LogP contribution in [0.4, 0.5) is 0 Å². The van der Waals surface area contributed by atoms with Crippen LogP contribution < -0.4 is 5.32 Å². The maximum absolute atomic E-state index is 12.3. The van der Waals surface area contributed by atoms with Gasteiger partial charge in [-0.2, -0.15) is 5.10 Å². The molecule has 1 aliphatic rings. The molecule has 1 aromatic carbocycles. The number of carbonyl (C=O) groups is 2. The van der Waals surface area contributed by atoms with Crippen LogP contribution in [-0.2, 0) is 23.2 Å². The van der Waals surface area contributed by atoms with Gasteiger partial charge >= 0.3 is 0 Å². The summed E-state index contributed by atoms with van der Waals surface area (Å²) in [6, 6.07) is 5.15. The lowest BCUT2D eigenvalue weighted by Gasteiger charge is -2.23. The largest absolute Gasteiger partial charge is 0.349 e. The molecule has 2 aromatic rings. The van der Waals surface area contributed by atoms with Gasteiger partial charge in [0.15, 0.2) is 0 Å². The number of amides is 2.